The molecule has 0 aliphatic heterocycles. The summed E-state index contributed by atoms with van der Waals surface area (Å²) in [5, 5.41) is 12.3. The van der Waals surface area contributed by atoms with E-state index in [-0.39, 0.29) is 11.7 Å². The molecule has 0 bridgehead atoms. The minimum atomic E-state index is -0.216. The molecule has 2 rings (SSSR count). The Hall–Kier alpha value is -1.58. The highest BCUT2D eigenvalue weighted by molar-refractivity contribution is 5.96. The van der Waals surface area contributed by atoms with Crippen LogP contribution in [0.3, 0.4) is 0 Å². The van der Waals surface area contributed by atoms with Gasteiger partial charge in [-0.15, -0.1) is 0 Å². The number of nitrogens with one attached hydrogen (secondary N) is 1. The molecule has 2 N–H and O–H groups in total. The van der Waals surface area contributed by atoms with E-state index in [1.807, 2.05) is 0 Å². The molecule has 1 aliphatic rings. The predicted molar refractivity (Wildman–Crippen MR) is 60.2 cm³/mol. The Morgan fingerprint density at radius 3 is 2.94 bits per heavy atom. The molecule has 0 unspecified atom stereocenters. The van der Waals surface area contributed by atoms with Gasteiger partial charge in [-0.3, -0.25) is 9.78 Å². The van der Waals surface area contributed by atoms with Crippen molar-refractivity contribution >= 4 is 5.91 Å². The third-order valence-electron chi connectivity index (χ3n) is 3.07. The number of nitrogens with zero attached hydrogens (tertiary/aromatic N) is 1. The Balaban J connectivity index is 1.90. The van der Waals surface area contributed by atoms with Crippen LogP contribution in [0.15, 0.2) is 18.5 Å². The maximum absolute atomic E-state index is 11.7. The number of pyridine rings is 1. The summed E-state index contributed by atoms with van der Waals surface area (Å²) in [5.74, 6) is 0.325. The quantitative estimate of drug-likeness (QED) is 0.815. The highest BCUT2D eigenvalue weighted by Crippen LogP contribution is 2.24. The van der Waals surface area contributed by atoms with Crippen LogP contribution in [-0.2, 0) is 0 Å². The Morgan fingerprint density at radius 2 is 2.25 bits per heavy atom. The van der Waals surface area contributed by atoms with E-state index in [0.29, 0.717) is 18.0 Å². The second-order valence-corrected chi connectivity index (χ2v) is 4.25. The van der Waals surface area contributed by atoms with E-state index in [0.717, 1.165) is 0 Å². The Bertz CT molecular complexity index is 373. The smallest absolute Gasteiger partial charge is 0.255 e. The van der Waals surface area contributed by atoms with Crippen molar-refractivity contribution < 1.29 is 9.90 Å². The molecule has 1 aromatic heterocycles. The van der Waals surface area contributed by atoms with E-state index in [1.165, 1.54) is 44.1 Å². The minimum Gasteiger partial charge on any atom is -0.505 e. The molecule has 0 atom stereocenters. The summed E-state index contributed by atoms with van der Waals surface area (Å²) >= 11 is 0. The number of aromatic nitrogens is 1. The first kappa shape index (κ1) is 10.9. The number of rotatable bonds is 3. The summed E-state index contributed by atoms with van der Waals surface area (Å²) in [4.78, 5) is 15.5. The van der Waals surface area contributed by atoms with E-state index in [9.17, 15) is 9.90 Å². The first-order chi connectivity index (χ1) is 7.77. The van der Waals surface area contributed by atoms with Gasteiger partial charge < -0.3 is 10.4 Å². The van der Waals surface area contributed by atoms with Crippen LogP contribution in [0.2, 0.25) is 0 Å². The SMILES string of the molecule is O=C(NCC1CCCC1)c1ccncc1O. The molecule has 1 aliphatic carbocycles. The number of hydrogen-bond acceptors (Lipinski definition) is 3. The van der Waals surface area contributed by atoms with Crippen LogP contribution in [0.25, 0.3) is 0 Å². The van der Waals surface area contributed by atoms with Gasteiger partial charge in [-0.2, -0.15) is 0 Å². The minimum absolute atomic E-state index is 0.0635. The molecular formula is C12H16N2O2. The van der Waals surface area contributed by atoms with Crippen molar-refractivity contribution in [1.82, 2.24) is 10.3 Å². The van der Waals surface area contributed by atoms with Crippen LogP contribution in [0.1, 0.15) is 36.0 Å². The van der Waals surface area contributed by atoms with Crippen molar-refractivity contribution in [2.45, 2.75) is 25.7 Å². The third kappa shape index (κ3) is 2.51. The van der Waals surface area contributed by atoms with Crippen LogP contribution < -0.4 is 5.32 Å². The lowest BCUT2D eigenvalue weighted by Gasteiger charge is -2.10. The van der Waals surface area contributed by atoms with E-state index in [4.69, 9.17) is 0 Å². The van der Waals surface area contributed by atoms with E-state index in [2.05, 4.69) is 10.3 Å². The first-order valence-corrected chi connectivity index (χ1v) is 5.68. The van der Waals surface area contributed by atoms with Gasteiger partial charge in [0.25, 0.3) is 5.91 Å². The van der Waals surface area contributed by atoms with Crippen LogP contribution in [0.4, 0.5) is 0 Å². The standard InChI is InChI=1S/C12H16N2O2/c15-11-8-13-6-5-10(11)12(16)14-7-9-3-1-2-4-9/h5-6,8-9,15H,1-4,7H2,(H,14,16). The number of aromatic hydroxyl groups is 1. The Labute approximate surface area is 94.7 Å². The van der Waals surface area contributed by atoms with Crippen molar-refractivity contribution in [3.8, 4) is 5.75 Å². The summed E-state index contributed by atoms with van der Waals surface area (Å²) in [6.45, 7) is 0.709. The van der Waals surface area contributed by atoms with Crippen LogP contribution in [0, 0.1) is 5.92 Å². The molecule has 1 aromatic rings. The summed E-state index contributed by atoms with van der Waals surface area (Å²) in [5.41, 5.74) is 0.299. The largest absolute Gasteiger partial charge is 0.505 e. The first-order valence-electron chi connectivity index (χ1n) is 5.68. The molecule has 0 saturated heterocycles. The molecule has 1 heterocycles. The molecule has 4 nitrogen and oxygen atoms in total. The van der Waals surface area contributed by atoms with Gasteiger partial charge in [-0.25, -0.2) is 0 Å². The van der Waals surface area contributed by atoms with Crippen LogP contribution in [-0.4, -0.2) is 22.5 Å². The summed E-state index contributed by atoms with van der Waals surface area (Å²) in [6.07, 6.45) is 7.71. The zero-order valence-corrected chi connectivity index (χ0v) is 9.15. The van der Waals surface area contributed by atoms with Crippen molar-refractivity contribution in [3.63, 3.8) is 0 Å². The zero-order valence-electron chi connectivity index (χ0n) is 9.15. The van der Waals surface area contributed by atoms with Gasteiger partial charge in [-0.1, -0.05) is 12.8 Å². The second-order valence-electron chi connectivity index (χ2n) is 4.25. The fourth-order valence-electron chi connectivity index (χ4n) is 2.12. The van der Waals surface area contributed by atoms with Crippen molar-refractivity contribution in [1.29, 1.82) is 0 Å². The fourth-order valence-corrected chi connectivity index (χ4v) is 2.12. The molecule has 86 valence electrons. The number of carbonyl (C=O) groups is 1. The van der Waals surface area contributed by atoms with Crippen molar-refractivity contribution in [2.75, 3.05) is 6.54 Å². The summed E-state index contributed by atoms with van der Waals surface area (Å²) in [7, 11) is 0. The molecule has 16 heavy (non-hydrogen) atoms. The Kier molecular flexibility index (Phi) is 3.39. The van der Waals surface area contributed by atoms with Gasteiger partial charge in [0, 0.05) is 12.7 Å². The lowest BCUT2D eigenvalue weighted by molar-refractivity contribution is 0.0944. The molecule has 4 heteroatoms. The third-order valence-corrected chi connectivity index (χ3v) is 3.07. The fraction of sp³-hybridized carbons (Fsp3) is 0.500. The van der Waals surface area contributed by atoms with E-state index < -0.39 is 0 Å². The molecule has 1 saturated carbocycles. The van der Waals surface area contributed by atoms with Crippen molar-refractivity contribution in [3.05, 3.63) is 24.0 Å². The molecular weight excluding hydrogens is 204 g/mol. The average molecular weight is 220 g/mol. The molecule has 0 radical (unpaired) electrons. The zero-order chi connectivity index (χ0) is 11.4. The summed E-state index contributed by atoms with van der Waals surface area (Å²) < 4.78 is 0. The highest BCUT2D eigenvalue weighted by Gasteiger charge is 2.17. The van der Waals surface area contributed by atoms with Crippen LogP contribution in [0.5, 0.6) is 5.75 Å². The van der Waals surface area contributed by atoms with Gasteiger partial charge in [-0.05, 0) is 24.8 Å². The monoisotopic (exact) mass is 220 g/mol. The van der Waals surface area contributed by atoms with Gasteiger partial charge in [0.2, 0.25) is 0 Å². The highest BCUT2D eigenvalue weighted by atomic mass is 16.3. The Morgan fingerprint density at radius 1 is 1.50 bits per heavy atom. The number of hydrogen-bond donors (Lipinski definition) is 2. The molecule has 1 fully saturated rings. The van der Waals surface area contributed by atoms with E-state index >= 15 is 0 Å². The van der Waals surface area contributed by atoms with E-state index in [1.54, 1.807) is 0 Å². The number of carbonyl (C=O) groups excluding carboxylic acids is 1. The maximum Gasteiger partial charge on any atom is 0.255 e. The predicted octanol–water partition coefficient (Wildman–Crippen LogP) is 1.71. The lowest BCUT2D eigenvalue weighted by Crippen LogP contribution is -2.28. The number of amides is 1. The average Bonchev–Trinajstić information content (AvgIpc) is 2.79. The van der Waals surface area contributed by atoms with Crippen molar-refractivity contribution in [2.24, 2.45) is 5.92 Å². The topological polar surface area (TPSA) is 62.2 Å². The normalized spacial score (nSPS) is 16.2. The molecule has 0 spiro atoms. The molecule has 1 amide bonds. The van der Waals surface area contributed by atoms with Gasteiger partial charge in [0.15, 0.2) is 0 Å². The molecule has 0 aromatic carbocycles. The lowest BCUT2D eigenvalue weighted by atomic mass is 10.1. The van der Waals surface area contributed by atoms with Crippen LogP contribution >= 0.6 is 0 Å². The van der Waals surface area contributed by atoms with Gasteiger partial charge in [0.1, 0.15) is 5.75 Å². The van der Waals surface area contributed by atoms with Gasteiger partial charge in [0.05, 0.1) is 11.8 Å². The summed E-state index contributed by atoms with van der Waals surface area (Å²) in [6, 6.07) is 1.53. The maximum atomic E-state index is 11.7. The second kappa shape index (κ2) is 4.96. The van der Waals surface area contributed by atoms with Gasteiger partial charge >= 0.3 is 0 Å².